The summed E-state index contributed by atoms with van der Waals surface area (Å²) in [5.74, 6) is 7.53. The molecule has 0 saturated heterocycles. The van der Waals surface area contributed by atoms with E-state index in [1.165, 1.54) is 38.8 Å². The molecule has 0 bridgehead atoms. The summed E-state index contributed by atoms with van der Waals surface area (Å²) in [6.07, 6.45) is 7.39. The van der Waals surface area contributed by atoms with Crippen molar-refractivity contribution in [3.63, 3.8) is 0 Å². The van der Waals surface area contributed by atoms with E-state index in [9.17, 15) is 0 Å². The van der Waals surface area contributed by atoms with Crippen LogP contribution >= 0.6 is 0 Å². The topological polar surface area (TPSA) is 17.8 Å². The number of hydrogen-bond acceptors (Lipinski definition) is 1. The summed E-state index contributed by atoms with van der Waals surface area (Å²) < 4.78 is 1.90. The van der Waals surface area contributed by atoms with Crippen molar-refractivity contribution in [1.82, 2.24) is 9.78 Å². The first-order chi connectivity index (χ1) is 14.2. The molecule has 0 aliphatic heterocycles. The summed E-state index contributed by atoms with van der Waals surface area (Å²) in [5.41, 5.74) is 8.84. The van der Waals surface area contributed by atoms with Gasteiger partial charge < -0.3 is 0 Å². The summed E-state index contributed by atoms with van der Waals surface area (Å²) >= 11 is 0. The van der Waals surface area contributed by atoms with Crippen molar-refractivity contribution in [1.29, 1.82) is 0 Å². The van der Waals surface area contributed by atoms with Crippen LogP contribution in [0.15, 0.2) is 47.7 Å². The van der Waals surface area contributed by atoms with E-state index in [0.717, 1.165) is 24.8 Å². The number of nitrogens with zero attached hydrogens (tertiary/aromatic N) is 2. The van der Waals surface area contributed by atoms with E-state index in [1.807, 2.05) is 11.7 Å². The van der Waals surface area contributed by atoms with Crippen LogP contribution in [0.25, 0.3) is 16.5 Å². The van der Waals surface area contributed by atoms with E-state index >= 15 is 0 Å². The first-order valence-corrected chi connectivity index (χ1v) is 11.1. The minimum absolute atomic E-state index is 0.216. The molecule has 2 nitrogen and oxygen atoms in total. The molecule has 2 rings (SSSR count). The largest absolute Gasteiger partial charge is 0.275 e. The lowest BCUT2D eigenvalue weighted by molar-refractivity contribution is 0.678. The van der Waals surface area contributed by atoms with Gasteiger partial charge in [-0.25, -0.2) is 0 Å². The first-order valence-electron chi connectivity index (χ1n) is 11.1. The van der Waals surface area contributed by atoms with Gasteiger partial charge in [0, 0.05) is 31.0 Å². The van der Waals surface area contributed by atoms with Crippen LogP contribution in [-0.4, -0.2) is 9.78 Å². The predicted octanol–water partition coefficient (Wildman–Crippen LogP) is 7.64. The lowest BCUT2D eigenvalue weighted by Crippen LogP contribution is -2.04. The number of allylic oxidation sites excluding steroid dienone is 5. The van der Waals surface area contributed by atoms with Gasteiger partial charge in [-0.1, -0.05) is 50.5 Å². The summed E-state index contributed by atoms with van der Waals surface area (Å²) in [5, 5.41) is 5.81. The second-order valence-corrected chi connectivity index (χ2v) is 8.75. The van der Waals surface area contributed by atoms with Crippen molar-refractivity contribution in [3.05, 3.63) is 58.8 Å². The van der Waals surface area contributed by atoms with Gasteiger partial charge in [0.1, 0.15) is 0 Å². The van der Waals surface area contributed by atoms with Gasteiger partial charge >= 0.3 is 0 Å². The average Bonchev–Trinajstić information content (AvgIpc) is 3.07. The molecule has 0 amide bonds. The van der Waals surface area contributed by atoms with Gasteiger partial charge in [0.15, 0.2) is 0 Å². The molecular formula is C28H38N2. The number of aryl methyl sites for hydroxylation is 2. The third-order valence-corrected chi connectivity index (χ3v) is 5.82. The molecule has 0 saturated carbocycles. The lowest BCUT2D eigenvalue weighted by Gasteiger charge is -2.19. The van der Waals surface area contributed by atoms with Gasteiger partial charge in [0.2, 0.25) is 0 Å². The zero-order valence-corrected chi connectivity index (χ0v) is 20.2. The Morgan fingerprint density at radius 2 is 1.93 bits per heavy atom. The maximum absolute atomic E-state index is 4.63. The summed E-state index contributed by atoms with van der Waals surface area (Å²) in [7, 11) is 1.98. The summed E-state index contributed by atoms with van der Waals surface area (Å²) in [6, 6.07) is 4.56. The smallest absolute Gasteiger partial charge is 0.0952 e. The monoisotopic (exact) mass is 402 g/mol. The SMILES string of the molecule is C=C(C)C(C)CC(/C=C(/c1cc(C)c2nn(C)cc2c1)C(C#CCC)CC)=C(C)C. The quantitative estimate of drug-likeness (QED) is 0.264. The second-order valence-electron chi connectivity index (χ2n) is 8.75. The maximum Gasteiger partial charge on any atom is 0.0952 e. The van der Waals surface area contributed by atoms with Gasteiger partial charge in [0.25, 0.3) is 0 Å². The van der Waals surface area contributed by atoms with Crippen LogP contribution in [0.4, 0.5) is 0 Å². The van der Waals surface area contributed by atoms with Crippen LogP contribution in [0.5, 0.6) is 0 Å². The van der Waals surface area contributed by atoms with E-state index in [-0.39, 0.29) is 5.92 Å². The molecule has 0 fully saturated rings. The minimum Gasteiger partial charge on any atom is -0.275 e. The maximum atomic E-state index is 4.63. The third kappa shape index (κ3) is 5.76. The van der Waals surface area contributed by atoms with Crippen molar-refractivity contribution in [2.45, 2.75) is 67.7 Å². The van der Waals surface area contributed by atoms with Crippen LogP contribution in [0, 0.1) is 30.6 Å². The molecule has 0 radical (unpaired) electrons. The van der Waals surface area contributed by atoms with E-state index in [2.05, 4.69) is 96.4 Å². The second kappa shape index (κ2) is 10.5. The Kier molecular flexibility index (Phi) is 8.30. The summed E-state index contributed by atoms with van der Waals surface area (Å²) in [6.45, 7) is 19.5. The zero-order chi connectivity index (χ0) is 22.4. The molecule has 0 aliphatic carbocycles. The predicted molar refractivity (Wildman–Crippen MR) is 132 cm³/mol. The normalized spacial score (nSPS) is 13.5. The van der Waals surface area contributed by atoms with Gasteiger partial charge in [-0.15, -0.1) is 5.92 Å². The highest BCUT2D eigenvalue weighted by Gasteiger charge is 2.17. The Morgan fingerprint density at radius 1 is 1.23 bits per heavy atom. The molecule has 2 heteroatoms. The highest BCUT2D eigenvalue weighted by molar-refractivity contribution is 5.87. The molecular weight excluding hydrogens is 364 g/mol. The molecule has 0 N–H and O–H groups in total. The minimum atomic E-state index is 0.216. The highest BCUT2D eigenvalue weighted by Crippen LogP contribution is 2.33. The Hall–Kier alpha value is -2.53. The van der Waals surface area contributed by atoms with Gasteiger partial charge in [0.05, 0.1) is 5.52 Å². The molecule has 2 aromatic rings. The fourth-order valence-electron chi connectivity index (χ4n) is 3.71. The van der Waals surface area contributed by atoms with Gasteiger partial charge in [-0.05, 0) is 80.9 Å². The Morgan fingerprint density at radius 3 is 2.50 bits per heavy atom. The number of fused-ring (bicyclic) bond motifs is 1. The van der Waals surface area contributed by atoms with Crippen molar-refractivity contribution >= 4 is 16.5 Å². The molecule has 160 valence electrons. The fourth-order valence-corrected chi connectivity index (χ4v) is 3.71. The van der Waals surface area contributed by atoms with E-state index in [1.54, 1.807) is 0 Å². The van der Waals surface area contributed by atoms with Crippen molar-refractivity contribution < 1.29 is 0 Å². The van der Waals surface area contributed by atoms with Crippen LogP contribution in [0.3, 0.4) is 0 Å². The molecule has 0 spiro atoms. The van der Waals surface area contributed by atoms with Crippen LogP contribution in [0.2, 0.25) is 0 Å². The lowest BCUT2D eigenvalue weighted by atomic mass is 9.85. The van der Waals surface area contributed by atoms with Crippen molar-refractivity contribution in [2.75, 3.05) is 0 Å². The average molecular weight is 403 g/mol. The third-order valence-electron chi connectivity index (χ3n) is 5.82. The number of rotatable bonds is 7. The first kappa shape index (κ1) is 23.7. The number of aromatic nitrogens is 2. The Labute approximate surface area is 183 Å². The fraction of sp³-hybridized carbons (Fsp3) is 0.464. The van der Waals surface area contributed by atoms with Crippen LogP contribution in [0.1, 0.15) is 71.9 Å². The van der Waals surface area contributed by atoms with Crippen LogP contribution < -0.4 is 0 Å². The van der Waals surface area contributed by atoms with Crippen LogP contribution in [-0.2, 0) is 7.05 Å². The molecule has 1 aromatic heterocycles. The standard InChI is InChI=1S/C28H38N2/c1-10-12-13-23(11-2)27(17-24(20(5)6)14-21(7)19(3)4)25-15-22(8)28-26(16-25)18-30(9)29-28/h15-18,21,23H,3,10-11,14H2,1-2,4-9H3/b27-17+. The molecule has 2 unspecified atom stereocenters. The molecule has 2 atom stereocenters. The van der Waals surface area contributed by atoms with Crippen molar-refractivity contribution in [2.24, 2.45) is 18.9 Å². The Bertz CT molecular complexity index is 1030. The highest BCUT2D eigenvalue weighted by atomic mass is 15.2. The van der Waals surface area contributed by atoms with E-state index in [4.69, 9.17) is 0 Å². The number of hydrogen-bond donors (Lipinski definition) is 0. The van der Waals surface area contributed by atoms with Crippen molar-refractivity contribution in [3.8, 4) is 11.8 Å². The number of benzene rings is 1. The molecule has 1 aromatic carbocycles. The molecule has 1 heterocycles. The van der Waals surface area contributed by atoms with E-state index < -0.39 is 0 Å². The zero-order valence-electron chi connectivity index (χ0n) is 20.2. The summed E-state index contributed by atoms with van der Waals surface area (Å²) in [4.78, 5) is 0. The van der Waals surface area contributed by atoms with Gasteiger partial charge in [-0.3, -0.25) is 4.68 Å². The molecule has 0 aliphatic rings. The molecule has 30 heavy (non-hydrogen) atoms. The van der Waals surface area contributed by atoms with E-state index in [0.29, 0.717) is 5.92 Å². The Balaban J connectivity index is 2.69. The van der Waals surface area contributed by atoms with Gasteiger partial charge in [-0.2, -0.15) is 5.10 Å².